The van der Waals surface area contributed by atoms with E-state index in [-0.39, 0.29) is 6.54 Å². The quantitative estimate of drug-likeness (QED) is 0.624. The molecule has 1 saturated heterocycles. The van der Waals surface area contributed by atoms with Crippen molar-refractivity contribution in [1.29, 1.82) is 0 Å². The molecule has 16 heavy (non-hydrogen) atoms. The fraction of sp³-hybridized carbons (Fsp3) is 1.00. The van der Waals surface area contributed by atoms with Crippen molar-refractivity contribution >= 4 is 0 Å². The first-order valence-corrected chi connectivity index (χ1v) is 6.45. The second kappa shape index (κ2) is 7.96. The molecule has 0 aromatic carbocycles. The maximum atomic E-state index is 12.1. The van der Waals surface area contributed by atoms with Crippen molar-refractivity contribution in [1.82, 2.24) is 9.80 Å². The van der Waals surface area contributed by atoms with Gasteiger partial charge in [0.15, 0.2) is 0 Å². The molecule has 0 aromatic rings. The predicted molar refractivity (Wildman–Crippen MR) is 63.0 cm³/mol. The van der Waals surface area contributed by atoms with Gasteiger partial charge in [-0.25, -0.2) is 8.78 Å². The molecule has 1 heterocycles. The average molecular weight is 234 g/mol. The van der Waals surface area contributed by atoms with Gasteiger partial charge < -0.3 is 4.90 Å². The first-order chi connectivity index (χ1) is 7.72. The van der Waals surface area contributed by atoms with Crippen LogP contribution in [-0.2, 0) is 0 Å². The number of hydrogen-bond donors (Lipinski definition) is 0. The molecule has 0 amide bonds. The molecule has 0 spiro atoms. The number of halogens is 2. The van der Waals surface area contributed by atoms with Gasteiger partial charge >= 0.3 is 0 Å². The highest BCUT2D eigenvalue weighted by Crippen LogP contribution is 2.07. The molecule has 1 aliphatic heterocycles. The van der Waals surface area contributed by atoms with E-state index in [1.807, 2.05) is 4.90 Å². The summed E-state index contributed by atoms with van der Waals surface area (Å²) >= 11 is 0. The second-order valence-electron chi connectivity index (χ2n) is 4.59. The largest absolute Gasteiger partial charge is 0.301 e. The minimum atomic E-state index is -2.18. The van der Waals surface area contributed by atoms with Crippen molar-refractivity contribution < 1.29 is 8.78 Å². The van der Waals surface area contributed by atoms with Crippen LogP contribution in [0.5, 0.6) is 0 Å². The number of rotatable bonds is 7. The second-order valence-corrected chi connectivity index (χ2v) is 4.59. The van der Waals surface area contributed by atoms with Gasteiger partial charge in [0.05, 0.1) is 6.54 Å². The Bertz CT molecular complexity index is 168. The van der Waals surface area contributed by atoms with Gasteiger partial charge in [-0.15, -0.1) is 0 Å². The summed E-state index contributed by atoms with van der Waals surface area (Å²) in [6, 6.07) is 0. The van der Waals surface area contributed by atoms with Crippen LogP contribution in [-0.4, -0.2) is 55.5 Å². The smallest absolute Gasteiger partial charge is 0.251 e. The van der Waals surface area contributed by atoms with E-state index in [0.29, 0.717) is 0 Å². The van der Waals surface area contributed by atoms with E-state index in [1.165, 1.54) is 25.7 Å². The molecule has 0 radical (unpaired) electrons. The summed E-state index contributed by atoms with van der Waals surface area (Å²) in [5, 5.41) is 0. The zero-order valence-electron chi connectivity index (χ0n) is 10.3. The van der Waals surface area contributed by atoms with Gasteiger partial charge in [-0.1, -0.05) is 26.2 Å². The first-order valence-electron chi connectivity index (χ1n) is 6.45. The lowest BCUT2D eigenvalue weighted by Crippen LogP contribution is -2.47. The molecule has 0 aromatic heterocycles. The standard InChI is InChI=1S/C12H24F2N2/c1-2-3-4-5-6-15-7-9-16(10-8-15)11-12(13)14/h12H,2-11H2,1H3. The molecule has 0 saturated carbocycles. The molecule has 1 fully saturated rings. The van der Waals surface area contributed by atoms with Crippen LogP contribution in [0, 0.1) is 0 Å². The van der Waals surface area contributed by atoms with Gasteiger partial charge in [0.1, 0.15) is 0 Å². The highest BCUT2D eigenvalue weighted by atomic mass is 19.3. The maximum Gasteiger partial charge on any atom is 0.251 e. The third kappa shape index (κ3) is 5.75. The number of alkyl halides is 2. The van der Waals surface area contributed by atoms with Gasteiger partial charge in [0.25, 0.3) is 6.43 Å². The van der Waals surface area contributed by atoms with E-state index >= 15 is 0 Å². The Morgan fingerprint density at radius 1 is 0.938 bits per heavy atom. The number of hydrogen-bond acceptors (Lipinski definition) is 2. The Labute approximate surface area is 97.6 Å². The lowest BCUT2D eigenvalue weighted by Gasteiger charge is -2.34. The Morgan fingerprint density at radius 2 is 1.56 bits per heavy atom. The molecule has 0 atom stereocenters. The predicted octanol–water partition coefficient (Wildman–Crippen LogP) is 2.45. The lowest BCUT2D eigenvalue weighted by atomic mass is 10.2. The Hall–Kier alpha value is -0.220. The molecule has 0 aliphatic carbocycles. The summed E-state index contributed by atoms with van der Waals surface area (Å²) < 4.78 is 24.3. The summed E-state index contributed by atoms with van der Waals surface area (Å²) in [5.74, 6) is 0. The van der Waals surface area contributed by atoms with Crippen LogP contribution >= 0.6 is 0 Å². The highest BCUT2D eigenvalue weighted by Gasteiger charge is 2.18. The van der Waals surface area contributed by atoms with E-state index in [2.05, 4.69) is 11.8 Å². The molecule has 1 aliphatic rings. The minimum Gasteiger partial charge on any atom is -0.301 e. The molecule has 0 N–H and O–H groups in total. The van der Waals surface area contributed by atoms with Gasteiger partial charge in [0, 0.05) is 26.2 Å². The molecule has 4 heteroatoms. The van der Waals surface area contributed by atoms with Crippen molar-refractivity contribution in [2.45, 2.75) is 39.0 Å². The third-order valence-corrected chi connectivity index (χ3v) is 3.19. The van der Waals surface area contributed by atoms with Crippen molar-refractivity contribution in [3.05, 3.63) is 0 Å². The van der Waals surface area contributed by atoms with Gasteiger partial charge in [0.2, 0.25) is 0 Å². The van der Waals surface area contributed by atoms with E-state index in [1.54, 1.807) is 0 Å². The van der Waals surface area contributed by atoms with Crippen molar-refractivity contribution in [3.63, 3.8) is 0 Å². The monoisotopic (exact) mass is 234 g/mol. The Balaban J connectivity index is 2.03. The molecule has 2 nitrogen and oxygen atoms in total. The fourth-order valence-corrected chi connectivity index (χ4v) is 2.15. The van der Waals surface area contributed by atoms with Crippen LogP contribution in [0.1, 0.15) is 32.6 Å². The zero-order chi connectivity index (χ0) is 11.8. The number of nitrogens with zero attached hydrogens (tertiary/aromatic N) is 2. The molecule has 0 bridgehead atoms. The number of piperazine rings is 1. The van der Waals surface area contributed by atoms with Crippen LogP contribution in [0.25, 0.3) is 0 Å². The first kappa shape index (κ1) is 13.8. The summed E-state index contributed by atoms with van der Waals surface area (Å²) in [4.78, 5) is 4.27. The normalized spacial score (nSPS) is 19.5. The van der Waals surface area contributed by atoms with E-state index in [4.69, 9.17) is 0 Å². The van der Waals surface area contributed by atoms with E-state index in [9.17, 15) is 8.78 Å². The summed E-state index contributed by atoms with van der Waals surface area (Å²) in [6.07, 6.45) is 2.94. The van der Waals surface area contributed by atoms with Crippen molar-refractivity contribution in [2.75, 3.05) is 39.3 Å². The van der Waals surface area contributed by atoms with E-state index in [0.717, 1.165) is 32.7 Å². The summed E-state index contributed by atoms with van der Waals surface area (Å²) in [7, 11) is 0. The summed E-state index contributed by atoms with van der Waals surface area (Å²) in [5.41, 5.74) is 0. The summed E-state index contributed by atoms with van der Waals surface area (Å²) in [6.45, 7) is 6.82. The van der Waals surface area contributed by atoms with Crippen LogP contribution in [0.15, 0.2) is 0 Å². The van der Waals surface area contributed by atoms with E-state index < -0.39 is 6.43 Å². The van der Waals surface area contributed by atoms with Crippen LogP contribution in [0.2, 0.25) is 0 Å². The van der Waals surface area contributed by atoms with Crippen LogP contribution in [0.4, 0.5) is 8.78 Å². The van der Waals surface area contributed by atoms with Crippen LogP contribution in [0.3, 0.4) is 0 Å². The molecular formula is C12H24F2N2. The lowest BCUT2D eigenvalue weighted by molar-refractivity contribution is 0.0559. The Kier molecular flexibility index (Phi) is 6.88. The Morgan fingerprint density at radius 3 is 2.12 bits per heavy atom. The number of unbranched alkanes of at least 4 members (excludes halogenated alkanes) is 3. The molecule has 1 rings (SSSR count). The maximum absolute atomic E-state index is 12.1. The third-order valence-electron chi connectivity index (χ3n) is 3.19. The molecule has 0 unspecified atom stereocenters. The molecule has 96 valence electrons. The van der Waals surface area contributed by atoms with Gasteiger partial charge in [-0.3, -0.25) is 4.90 Å². The topological polar surface area (TPSA) is 6.48 Å². The van der Waals surface area contributed by atoms with Crippen molar-refractivity contribution in [2.24, 2.45) is 0 Å². The van der Waals surface area contributed by atoms with Gasteiger partial charge in [-0.05, 0) is 13.0 Å². The average Bonchev–Trinajstić information content (AvgIpc) is 2.26. The molecular weight excluding hydrogens is 210 g/mol. The highest BCUT2D eigenvalue weighted by molar-refractivity contribution is 4.72. The SMILES string of the molecule is CCCCCCN1CCN(CC(F)F)CC1. The zero-order valence-corrected chi connectivity index (χ0v) is 10.3. The van der Waals surface area contributed by atoms with Crippen LogP contribution < -0.4 is 0 Å². The van der Waals surface area contributed by atoms with Crippen molar-refractivity contribution in [3.8, 4) is 0 Å². The van der Waals surface area contributed by atoms with Gasteiger partial charge in [-0.2, -0.15) is 0 Å². The fourth-order valence-electron chi connectivity index (χ4n) is 2.15. The minimum absolute atomic E-state index is 0.0519.